The van der Waals surface area contributed by atoms with E-state index in [1.807, 2.05) is 42.5 Å². The first-order chi connectivity index (χ1) is 12.9. The number of benzene rings is 3. The number of nitrogens with two attached hydrogens (primary N) is 1. The van der Waals surface area contributed by atoms with E-state index in [4.69, 9.17) is 21.7 Å². The van der Waals surface area contributed by atoms with Gasteiger partial charge in [0.05, 0.1) is 15.9 Å². The number of hydrogen-bond donors (Lipinski definition) is 2. The Morgan fingerprint density at radius 1 is 0.926 bits per heavy atom. The first-order valence-electron chi connectivity index (χ1n) is 8.25. The van der Waals surface area contributed by atoms with Gasteiger partial charge in [-0.25, -0.2) is 18.5 Å². The van der Waals surface area contributed by atoms with Gasteiger partial charge in [-0.05, 0) is 48.0 Å². The molecule has 0 aliphatic carbocycles. The van der Waals surface area contributed by atoms with Crippen LogP contribution < -0.4 is 10.5 Å². The van der Waals surface area contributed by atoms with Crippen molar-refractivity contribution in [1.29, 1.82) is 0 Å². The lowest BCUT2D eigenvalue weighted by molar-refractivity contribution is 0.598. The number of anilines is 1. The second kappa shape index (κ2) is 6.81. The summed E-state index contributed by atoms with van der Waals surface area (Å²) in [5, 5.41) is 11.2. The maximum Gasteiger partial charge on any atom is 0.238 e. The molecule has 5 nitrogen and oxygen atoms in total. The van der Waals surface area contributed by atoms with Gasteiger partial charge in [-0.15, -0.1) is 0 Å². The molecule has 7 heteroatoms. The summed E-state index contributed by atoms with van der Waals surface area (Å²) >= 11 is 6.13. The van der Waals surface area contributed by atoms with Gasteiger partial charge in [0.1, 0.15) is 0 Å². The highest BCUT2D eigenvalue weighted by Gasteiger charge is 2.10. The van der Waals surface area contributed by atoms with Crippen LogP contribution >= 0.6 is 11.6 Å². The Hall–Kier alpha value is -2.67. The van der Waals surface area contributed by atoms with Crippen molar-refractivity contribution in [2.45, 2.75) is 11.4 Å². The molecule has 0 bridgehead atoms. The molecule has 0 aliphatic rings. The molecule has 0 aliphatic heterocycles. The Morgan fingerprint density at radius 3 is 2.37 bits per heavy atom. The molecule has 1 heterocycles. The van der Waals surface area contributed by atoms with Crippen molar-refractivity contribution in [3.05, 3.63) is 77.3 Å². The average Bonchev–Trinajstić information content (AvgIpc) is 2.64. The summed E-state index contributed by atoms with van der Waals surface area (Å²) in [5.41, 5.74) is 3.63. The zero-order chi connectivity index (χ0) is 19.0. The van der Waals surface area contributed by atoms with Crippen LogP contribution in [-0.2, 0) is 16.6 Å². The van der Waals surface area contributed by atoms with Gasteiger partial charge < -0.3 is 5.32 Å². The van der Waals surface area contributed by atoms with Gasteiger partial charge in [-0.2, -0.15) is 0 Å². The van der Waals surface area contributed by atoms with Crippen LogP contribution in [0.15, 0.2) is 71.6 Å². The molecule has 0 atom stereocenters. The van der Waals surface area contributed by atoms with Gasteiger partial charge in [-0.1, -0.05) is 35.9 Å². The Balaban J connectivity index is 1.74. The fourth-order valence-corrected chi connectivity index (χ4v) is 3.78. The highest BCUT2D eigenvalue weighted by molar-refractivity contribution is 7.89. The third-order valence-electron chi connectivity index (χ3n) is 4.41. The standard InChI is InChI=1S/C20H16ClN3O2S/c21-13-5-10-17-18(16-3-1-2-4-19(16)24-20(17)11-13)12-23-14-6-8-15(9-7-14)27(22,25)26/h1-11,23H,12H2,(H2,22,25,26). The predicted octanol–water partition coefficient (Wildman–Crippen LogP) is 4.30. The molecule has 0 unspecified atom stereocenters. The Morgan fingerprint density at radius 2 is 1.63 bits per heavy atom. The zero-order valence-electron chi connectivity index (χ0n) is 14.2. The summed E-state index contributed by atoms with van der Waals surface area (Å²) < 4.78 is 22.8. The normalized spacial score (nSPS) is 11.8. The number of fused-ring (bicyclic) bond motifs is 2. The minimum Gasteiger partial charge on any atom is -0.381 e. The van der Waals surface area contributed by atoms with Crippen molar-refractivity contribution in [2.24, 2.45) is 5.14 Å². The Labute approximate surface area is 161 Å². The third-order valence-corrected chi connectivity index (χ3v) is 5.57. The molecule has 1 aromatic heterocycles. The number of rotatable bonds is 4. The topological polar surface area (TPSA) is 85.1 Å². The molecule has 0 radical (unpaired) electrons. The van der Waals surface area contributed by atoms with Crippen LogP contribution in [0.2, 0.25) is 5.02 Å². The van der Waals surface area contributed by atoms with E-state index in [1.165, 1.54) is 12.1 Å². The summed E-state index contributed by atoms with van der Waals surface area (Å²) in [6, 6.07) is 20.0. The van der Waals surface area contributed by atoms with Gasteiger partial charge in [0.2, 0.25) is 10.0 Å². The number of para-hydroxylation sites is 1. The van der Waals surface area contributed by atoms with E-state index in [-0.39, 0.29) is 4.90 Å². The predicted molar refractivity (Wildman–Crippen MR) is 109 cm³/mol. The van der Waals surface area contributed by atoms with Crippen molar-refractivity contribution in [1.82, 2.24) is 4.98 Å². The van der Waals surface area contributed by atoms with E-state index in [2.05, 4.69) is 5.32 Å². The monoisotopic (exact) mass is 397 g/mol. The molecular weight excluding hydrogens is 382 g/mol. The molecule has 0 spiro atoms. The lowest BCUT2D eigenvalue weighted by atomic mass is 10.0. The molecule has 0 fully saturated rings. The van der Waals surface area contributed by atoms with Gasteiger partial charge in [0, 0.05) is 28.0 Å². The summed E-state index contributed by atoms with van der Waals surface area (Å²) in [7, 11) is -3.70. The van der Waals surface area contributed by atoms with Gasteiger partial charge in [0.15, 0.2) is 0 Å². The fourth-order valence-electron chi connectivity index (χ4n) is 3.10. The molecule has 3 N–H and O–H groups in total. The van der Waals surface area contributed by atoms with Crippen LogP contribution in [0.1, 0.15) is 5.56 Å². The van der Waals surface area contributed by atoms with Crippen LogP contribution in [0.3, 0.4) is 0 Å². The van der Waals surface area contributed by atoms with Gasteiger partial charge >= 0.3 is 0 Å². The van der Waals surface area contributed by atoms with Crippen molar-refractivity contribution in [3.63, 3.8) is 0 Å². The molecule has 0 saturated carbocycles. The molecule has 27 heavy (non-hydrogen) atoms. The second-order valence-electron chi connectivity index (χ2n) is 6.19. The largest absolute Gasteiger partial charge is 0.381 e. The fraction of sp³-hybridized carbons (Fsp3) is 0.0500. The van der Waals surface area contributed by atoms with E-state index >= 15 is 0 Å². The molecule has 136 valence electrons. The highest BCUT2D eigenvalue weighted by atomic mass is 35.5. The second-order valence-corrected chi connectivity index (χ2v) is 8.19. The zero-order valence-corrected chi connectivity index (χ0v) is 15.8. The van der Waals surface area contributed by atoms with Crippen LogP contribution in [-0.4, -0.2) is 13.4 Å². The van der Waals surface area contributed by atoms with Crippen molar-refractivity contribution in [2.75, 3.05) is 5.32 Å². The smallest absolute Gasteiger partial charge is 0.238 e. The summed E-state index contributed by atoms with van der Waals surface area (Å²) in [6.45, 7) is 0.551. The Bertz CT molecular complexity index is 1260. The van der Waals surface area contributed by atoms with Crippen LogP contribution in [0.5, 0.6) is 0 Å². The first kappa shape index (κ1) is 17.7. The molecule has 0 saturated heterocycles. The number of halogens is 1. The SMILES string of the molecule is NS(=O)(=O)c1ccc(NCc2c3ccccc3nc3cc(Cl)ccc23)cc1. The van der Waals surface area contributed by atoms with E-state index in [1.54, 1.807) is 12.1 Å². The minimum atomic E-state index is -3.70. The molecule has 0 amide bonds. The van der Waals surface area contributed by atoms with E-state index in [0.29, 0.717) is 11.6 Å². The minimum absolute atomic E-state index is 0.0857. The number of primary sulfonamides is 1. The van der Waals surface area contributed by atoms with Crippen LogP contribution in [0.4, 0.5) is 5.69 Å². The number of nitrogens with one attached hydrogen (secondary N) is 1. The number of nitrogens with zero attached hydrogens (tertiary/aromatic N) is 1. The summed E-state index contributed by atoms with van der Waals surface area (Å²) in [4.78, 5) is 4.79. The highest BCUT2D eigenvalue weighted by Crippen LogP contribution is 2.28. The van der Waals surface area contributed by atoms with Crippen molar-refractivity contribution in [3.8, 4) is 0 Å². The van der Waals surface area contributed by atoms with E-state index < -0.39 is 10.0 Å². The number of pyridine rings is 1. The third kappa shape index (κ3) is 3.60. The maximum absolute atomic E-state index is 11.4. The van der Waals surface area contributed by atoms with E-state index in [9.17, 15) is 8.42 Å². The molecule has 3 aromatic carbocycles. The van der Waals surface area contributed by atoms with Gasteiger partial charge in [0.25, 0.3) is 0 Å². The van der Waals surface area contributed by atoms with E-state index in [0.717, 1.165) is 33.1 Å². The number of aromatic nitrogens is 1. The lowest BCUT2D eigenvalue weighted by Crippen LogP contribution is -2.12. The Kier molecular flexibility index (Phi) is 4.47. The van der Waals surface area contributed by atoms with Crippen LogP contribution in [0, 0.1) is 0 Å². The quantitative estimate of drug-likeness (QED) is 0.503. The molecule has 4 rings (SSSR count). The van der Waals surface area contributed by atoms with Crippen molar-refractivity contribution < 1.29 is 8.42 Å². The number of sulfonamides is 1. The molecular formula is C20H16ClN3O2S. The molecule has 4 aromatic rings. The summed E-state index contributed by atoms with van der Waals surface area (Å²) in [5.74, 6) is 0. The van der Waals surface area contributed by atoms with Crippen LogP contribution in [0.25, 0.3) is 21.8 Å². The lowest BCUT2D eigenvalue weighted by Gasteiger charge is -2.13. The maximum atomic E-state index is 11.4. The summed E-state index contributed by atoms with van der Waals surface area (Å²) in [6.07, 6.45) is 0. The van der Waals surface area contributed by atoms with Gasteiger partial charge in [-0.3, -0.25) is 0 Å². The number of hydrogen-bond acceptors (Lipinski definition) is 4. The first-order valence-corrected chi connectivity index (χ1v) is 10.2. The average molecular weight is 398 g/mol. The van der Waals surface area contributed by atoms with Crippen molar-refractivity contribution >= 4 is 49.1 Å².